The molecular formula is C16H18N2O. The quantitative estimate of drug-likeness (QED) is 0.429. The molecule has 0 aromatic heterocycles. The van der Waals surface area contributed by atoms with Crippen LogP contribution in [0.3, 0.4) is 0 Å². The molecule has 0 aliphatic rings. The van der Waals surface area contributed by atoms with Crippen molar-refractivity contribution in [3.63, 3.8) is 0 Å². The van der Waals surface area contributed by atoms with Crippen molar-refractivity contribution in [1.29, 1.82) is 0 Å². The number of hydrogen-bond donors (Lipinski definition) is 0. The Morgan fingerprint density at radius 2 is 1.16 bits per heavy atom. The summed E-state index contributed by atoms with van der Waals surface area (Å²) in [7, 11) is 0. The second kappa shape index (κ2) is 5.22. The van der Waals surface area contributed by atoms with Crippen LogP contribution in [-0.2, 0) is 0 Å². The average molecular weight is 254 g/mol. The minimum atomic E-state index is 0.566. The molecule has 0 amide bonds. The topological polar surface area (TPSA) is 38.4 Å². The monoisotopic (exact) mass is 254 g/mol. The third kappa shape index (κ3) is 3.41. The second-order valence-electron chi connectivity index (χ2n) is 5.06. The van der Waals surface area contributed by atoms with Crippen LogP contribution in [0, 0.1) is 32.9 Å². The van der Waals surface area contributed by atoms with E-state index in [0.717, 1.165) is 22.3 Å². The molecule has 98 valence electrons. The molecule has 0 unspecified atom stereocenters. The first-order valence-corrected chi connectivity index (χ1v) is 6.29. The molecule has 0 heterocycles. The van der Waals surface area contributed by atoms with Gasteiger partial charge in [0.25, 0.3) is 0 Å². The van der Waals surface area contributed by atoms with E-state index < -0.39 is 0 Å². The molecule has 0 fully saturated rings. The molecule has 0 aliphatic heterocycles. The van der Waals surface area contributed by atoms with E-state index in [9.17, 15) is 5.21 Å². The Labute approximate surface area is 113 Å². The molecule has 0 aliphatic carbocycles. The first kappa shape index (κ1) is 13.3. The van der Waals surface area contributed by atoms with E-state index >= 15 is 0 Å². The maximum Gasteiger partial charge on any atom is 0.245 e. The molecule has 2 aromatic rings. The normalized spacial score (nSPS) is 11.7. The lowest BCUT2D eigenvalue weighted by Gasteiger charge is -2.03. The Morgan fingerprint density at radius 1 is 0.737 bits per heavy atom. The molecule has 0 spiro atoms. The van der Waals surface area contributed by atoms with Gasteiger partial charge in [-0.3, -0.25) is 0 Å². The van der Waals surface area contributed by atoms with Crippen molar-refractivity contribution in [2.75, 3.05) is 0 Å². The minimum Gasteiger partial charge on any atom is -0.594 e. The summed E-state index contributed by atoms with van der Waals surface area (Å²) in [5, 5.41) is 16.2. The molecule has 0 atom stereocenters. The van der Waals surface area contributed by atoms with E-state index in [1.807, 2.05) is 58.0 Å². The summed E-state index contributed by atoms with van der Waals surface area (Å²) >= 11 is 0. The highest BCUT2D eigenvalue weighted by Crippen LogP contribution is 2.22. The molecule has 19 heavy (non-hydrogen) atoms. The van der Waals surface area contributed by atoms with Crippen molar-refractivity contribution in [3.8, 4) is 0 Å². The van der Waals surface area contributed by atoms with Gasteiger partial charge in [-0.25, -0.2) is 0 Å². The predicted octanol–water partition coefficient (Wildman–Crippen LogP) is 4.85. The zero-order valence-corrected chi connectivity index (χ0v) is 11.8. The van der Waals surface area contributed by atoms with E-state index in [1.165, 1.54) is 0 Å². The lowest BCUT2D eigenvalue weighted by molar-refractivity contribution is -0.435. The summed E-state index contributed by atoms with van der Waals surface area (Å²) in [4.78, 5) is 0.689. The third-order valence-electron chi connectivity index (χ3n) is 2.84. The van der Waals surface area contributed by atoms with Crippen molar-refractivity contribution in [2.45, 2.75) is 27.7 Å². The second-order valence-corrected chi connectivity index (χ2v) is 5.06. The largest absolute Gasteiger partial charge is 0.594 e. The van der Waals surface area contributed by atoms with Gasteiger partial charge in [-0.1, -0.05) is 17.0 Å². The predicted molar refractivity (Wildman–Crippen MR) is 77.2 cm³/mol. The molecule has 0 bridgehead atoms. The highest BCUT2D eigenvalue weighted by atomic mass is 16.5. The van der Waals surface area contributed by atoms with Crippen molar-refractivity contribution < 1.29 is 4.86 Å². The van der Waals surface area contributed by atoms with Crippen LogP contribution in [-0.4, -0.2) is 4.86 Å². The van der Waals surface area contributed by atoms with Crippen LogP contribution in [0.15, 0.2) is 41.5 Å². The molecule has 0 N–H and O–H groups in total. The van der Waals surface area contributed by atoms with Gasteiger partial charge in [0, 0.05) is 17.2 Å². The van der Waals surface area contributed by atoms with E-state index in [0.29, 0.717) is 16.2 Å². The fourth-order valence-corrected chi connectivity index (χ4v) is 2.23. The van der Waals surface area contributed by atoms with E-state index in [2.05, 4.69) is 11.2 Å². The number of aryl methyl sites for hydroxylation is 4. The highest BCUT2D eigenvalue weighted by Gasteiger charge is 2.06. The van der Waals surface area contributed by atoms with Crippen LogP contribution < -0.4 is 0 Å². The van der Waals surface area contributed by atoms with Crippen LogP contribution in [0.4, 0.5) is 11.4 Å². The van der Waals surface area contributed by atoms with Gasteiger partial charge in [-0.15, -0.1) is 0 Å². The van der Waals surface area contributed by atoms with Crippen LogP contribution in [0.1, 0.15) is 22.3 Å². The summed E-state index contributed by atoms with van der Waals surface area (Å²) in [5.74, 6) is 0. The Kier molecular flexibility index (Phi) is 3.65. The first-order chi connectivity index (χ1) is 8.94. The van der Waals surface area contributed by atoms with E-state index in [4.69, 9.17) is 0 Å². The third-order valence-corrected chi connectivity index (χ3v) is 2.84. The molecule has 3 nitrogen and oxygen atoms in total. The van der Waals surface area contributed by atoms with Crippen molar-refractivity contribution >= 4 is 11.4 Å². The van der Waals surface area contributed by atoms with Crippen LogP contribution in [0.2, 0.25) is 0 Å². The number of rotatable bonds is 2. The lowest BCUT2D eigenvalue weighted by atomic mass is 10.1. The van der Waals surface area contributed by atoms with Gasteiger partial charge >= 0.3 is 0 Å². The maximum absolute atomic E-state index is 12.1. The molecule has 3 heteroatoms. The number of benzene rings is 2. The molecular weight excluding hydrogens is 236 g/mol. The van der Waals surface area contributed by atoms with Crippen molar-refractivity contribution in [1.82, 2.24) is 0 Å². The molecule has 0 saturated carbocycles. The standard InChI is InChI=1S/C16H18N2O/c1-11-5-12(2)8-15(7-11)17-18(19)16-9-13(3)6-14(4)10-16/h5-10H,1-4H3. The van der Waals surface area contributed by atoms with Crippen LogP contribution in [0.5, 0.6) is 0 Å². The van der Waals surface area contributed by atoms with E-state index in [-0.39, 0.29) is 0 Å². The van der Waals surface area contributed by atoms with Gasteiger partial charge in [-0.05, 0) is 62.1 Å². The van der Waals surface area contributed by atoms with Gasteiger partial charge in [0.05, 0.1) is 0 Å². The number of hydrogen-bond acceptors (Lipinski definition) is 2. The summed E-state index contributed by atoms with van der Waals surface area (Å²) in [5.41, 5.74) is 5.58. The molecule has 2 aromatic carbocycles. The zero-order chi connectivity index (χ0) is 14.0. The highest BCUT2D eigenvalue weighted by molar-refractivity contribution is 5.43. The van der Waals surface area contributed by atoms with Gasteiger partial charge in [0.1, 0.15) is 5.69 Å². The molecule has 0 radical (unpaired) electrons. The first-order valence-electron chi connectivity index (χ1n) is 6.29. The summed E-state index contributed by atoms with van der Waals surface area (Å²) in [6.45, 7) is 7.94. The fraction of sp³-hybridized carbons (Fsp3) is 0.250. The van der Waals surface area contributed by atoms with Gasteiger partial charge < -0.3 is 5.21 Å². The Hall–Kier alpha value is -2.16. The fourth-order valence-electron chi connectivity index (χ4n) is 2.23. The lowest BCUT2D eigenvalue weighted by Crippen LogP contribution is -1.92. The molecule has 0 saturated heterocycles. The summed E-state index contributed by atoms with van der Waals surface area (Å²) in [6.07, 6.45) is 0. The number of azo groups is 1. The Bertz CT molecular complexity index is 605. The number of nitrogens with zero attached hydrogens (tertiary/aromatic N) is 2. The van der Waals surface area contributed by atoms with E-state index in [1.54, 1.807) is 0 Å². The summed E-state index contributed by atoms with van der Waals surface area (Å²) in [6, 6.07) is 11.6. The van der Waals surface area contributed by atoms with Gasteiger partial charge in [0.2, 0.25) is 5.69 Å². The van der Waals surface area contributed by atoms with Gasteiger partial charge in [0.15, 0.2) is 0 Å². The smallest absolute Gasteiger partial charge is 0.245 e. The Balaban J connectivity index is 2.42. The molecule has 2 rings (SSSR count). The van der Waals surface area contributed by atoms with Crippen LogP contribution in [0.25, 0.3) is 0 Å². The van der Waals surface area contributed by atoms with Crippen molar-refractivity contribution in [3.05, 3.63) is 63.9 Å². The summed E-state index contributed by atoms with van der Waals surface area (Å²) < 4.78 is 0. The average Bonchev–Trinajstić information content (AvgIpc) is 2.25. The Morgan fingerprint density at radius 3 is 1.63 bits per heavy atom. The SMILES string of the molecule is Cc1cc(C)cc(N=[N+]([O-])c2cc(C)cc(C)c2)c1. The van der Waals surface area contributed by atoms with Crippen LogP contribution >= 0.6 is 0 Å². The zero-order valence-electron chi connectivity index (χ0n) is 11.8. The van der Waals surface area contributed by atoms with Gasteiger partial charge in [-0.2, -0.15) is 0 Å². The minimum absolute atomic E-state index is 0.566. The van der Waals surface area contributed by atoms with Crippen molar-refractivity contribution in [2.24, 2.45) is 5.11 Å². The maximum atomic E-state index is 12.1.